The predicted octanol–water partition coefficient (Wildman–Crippen LogP) is 2.62. The van der Waals surface area contributed by atoms with Crippen molar-refractivity contribution in [1.82, 2.24) is 4.98 Å². The van der Waals surface area contributed by atoms with E-state index in [0.717, 1.165) is 0 Å². The zero-order chi connectivity index (χ0) is 10.2. The Balaban J connectivity index is 3.50. The molecule has 0 radical (unpaired) electrons. The largest absolute Gasteiger partial charge is 0.263 e. The van der Waals surface area contributed by atoms with Crippen molar-refractivity contribution < 1.29 is 8.42 Å². The van der Waals surface area contributed by atoms with Gasteiger partial charge in [0.15, 0.2) is 0 Å². The highest BCUT2D eigenvalue weighted by atomic mass is 35.7. The highest BCUT2D eigenvalue weighted by molar-refractivity contribution is 8.13. The summed E-state index contributed by atoms with van der Waals surface area (Å²) < 4.78 is 21.9. The van der Waals surface area contributed by atoms with E-state index in [0.29, 0.717) is 0 Å². The third-order valence-corrected chi connectivity index (χ3v) is 3.45. The number of rotatable bonds is 1. The normalized spacial score (nSPS) is 11.7. The van der Waals surface area contributed by atoms with Crippen molar-refractivity contribution in [2.24, 2.45) is 0 Å². The minimum absolute atomic E-state index is 0.0585. The average molecular weight is 261 g/mol. The van der Waals surface area contributed by atoms with Crippen LogP contribution in [-0.2, 0) is 9.05 Å². The third-order valence-electron chi connectivity index (χ3n) is 1.34. The van der Waals surface area contributed by atoms with E-state index in [1.807, 2.05) is 0 Å². The van der Waals surface area contributed by atoms with E-state index >= 15 is 0 Å². The van der Waals surface area contributed by atoms with Gasteiger partial charge in [-0.05, 0) is 13.0 Å². The van der Waals surface area contributed by atoms with Crippen LogP contribution in [0.1, 0.15) is 5.69 Å². The average Bonchev–Trinajstić information content (AvgIpc) is 1.94. The van der Waals surface area contributed by atoms with Crippen LogP contribution in [0.2, 0.25) is 10.2 Å². The molecule has 3 nitrogen and oxygen atoms in total. The number of aryl methyl sites for hydroxylation is 1. The molecule has 0 aliphatic carbocycles. The molecule has 0 atom stereocenters. The monoisotopic (exact) mass is 259 g/mol. The van der Waals surface area contributed by atoms with E-state index in [1.54, 1.807) is 0 Å². The lowest BCUT2D eigenvalue weighted by Crippen LogP contribution is -1.97. The first kappa shape index (κ1) is 11.0. The summed E-state index contributed by atoms with van der Waals surface area (Å²) in [5.41, 5.74) is 0.226. The molecule has 1 aromatic rings. The van der Waals surface area contributed by atoms with Gasteiger partial charge in [0, 0.05) is 10.7 Å². The maximum atomic E-state index is 10.9. The van der Waals surface area contributed by atoms with Crippen LogP contribution in [0.3, 0.4) is 0 Å². The summed E-state index contributed by atoms with van der Waals surface area (Å²) in [7, 11) is 1.31. The summed E-state index contributed by atoms with van der Waals surface area (Å²) in [6.45, 7) is 1.48. The van der Waals surface area contributed by atoms with E-state index in [-0.39, 0.29) is 20.8 Å². The van der Waals surface area contributed by atoms with Crippen molar-refractivity contribution in [1.29, 1.82) is 0 Å². The molecule has 1 aromatic heterocycles. The summed E-state index contributed by atoms with van der Waals surface area (Å²) in [4.78, 5) is 3.59. The van der Waals surface area contributed by atoms with Crippen molar-refractivity contribution in [2.45, 2.75) is 11.8 Å². The fourth-order valence-corrected chi connectivity index (χ4v) is 2.30. The molecular weight excluding hydrogens is 256 g/mol. The molecule has 0 amide bonds. The first-order valence-corrected chi connectivity index (χ1v) is 6.16. The van der Waals surface area contributed by atoms with Gasteiger partial charge in [-0.2, -0.15) is 0 Å². The molecule has 72 valence electrons. The molecule has 0 N–H and O–H groups in total. The number of hydrogen-bond donors (Lipinski definition) is 0. The Morgan fingerprint density at radius 2 is 1.92 bits per heavy atom. The molecule has 13 heavy (non-hydrogen) atoms. The molecule has 0 unspecified atom stereocenters. The first-order chi connectivity index (χ1) is 5.82. The summed E-state index contributed by atoms with van der Waals surface area (Å²) in [6.07, 6.45) is 0. The van der Waals surface area contributed by atoms with Gasteiger partial charge in [-0.25, -0.2) is 13.4 Å². The van der Waals surface area contributed by atoms with Gasteiger partial charge in [0.1, 0.15) is 10.0 Å². The van der Waals surface area contributed by atoms with Gasteiger partial charge in [-0.3, -0.25) is 0 Å². The maximum Gasteiger partial charge on any atom is 0.263 e. The molecule has 1 rings (SSSR count). The van der Waals surface area contributed by atoms with Crippen LogP contribution >= 0.6 is 33.9 Å². The Labute approximate surface area is 90.1 Å². The highest BCUT2D eigenvalue weighted by Crippen LogP contribution is 2.26. The molecule has 0 saturated carbocycles. The Hall–Kier alpha value is -0.0300. The standard InChI is InChI=1S/C6H4Cl3NO2S/c1-3-5(13(9,11)12)2-4(7)6(8)10-3/h2H,1H3. The molecule has 0 fully saturated rings. The van der Waals surface area contributed by atoms with E-state index in [9.17, 15) is 8.42 Å². The molecule has 0 aromatic carbocycles. The molecule has 0 spiro atoms. The van der Waals surface area contributed by atoms with Crippen LogP contribution in [0, 0.1) is 6.92 Å². The summed E-state index contributed by atoms with van der Waals surface area (Å²) in [5.74, 6) is 0. The predicted molar refractivity (Wildman–Crippen MR) is 52.0 cm³/mol. The van der Waals surface area contributed by atoms with Crippen molar-refractivity contribution in [3.8, 4) is 0 Å². The molecule has 0 aliphatic heterocycles. The minimum atomic E-state index is -3.81. The van der Waals surface area contributed by atoms with E-state index < -0.39 is 9.05 Å². The highest BCUT2D eigenvalue weighted by Gasteiger charge is 2.16. The Bertz CT molecular complexity index is 443. The van der Waals surface area contributed by atoms with Crippen LogP contribution in [0.15, 0.2) is 11.0 Å². The lowest BCUT2D eigenvalue weighted by molar-refractivity contribution is 0.608. The number of nitrogens with zero attached hydrogens (tertiary/aromatic N) is 1. The van der Waals surface area contributed by atoms with Crippen molar-refractivity contribution in [3.05, 3.63) is 21.9 Å². The van der Waals surface area contributed by atoms with Crippen molar-refractivity contribution >= 4 is 42.9 Å². The van der Waals surface area contributed by atoms with E-state index in [1.165, 1.54) is 13.0 Å². The van der Waals surface area contributed by atoms with Crippen LogP contribution < -0.4 is 0 Å². The summed E-state index contributed by atoms with van der Waals surface area (Å²) >= 11 is 11.1. The van der Waals surface area contributed by atoms with Crippen LogP contribution in [-0.4, -0.2) is 13.4 Å². The van der Waals surface area contributed by atoms with Gasteiger partial charge in [0.05, 0.1) is 10.7 Å². The molecule has 1 heterocycles. The molecular formula is C6H4Cl3NO2S. The Morgan fingerprint density at radius 1 is 1.38 bits per heavy atom. The Morgan fingerprint density at radius 3 is 2.38 bits per heavy atom. The summed E-state index contributed by atoms with van der Waals surface area (Å²) in [6, 6.07) is 1.18. The minimum Gasteiger partial charge on any atom is -0.238 e. The second kappa shape index (κ2) is 3.61. The van der Waals surface area contributed by atoms with Crippen molar-refractivity contribution in [3.63, 3.8) is 0 Å². The van der Waals surface area contributed by atoms with Crippen LogP contribution in [0.4, 0.5) is 0 Å². The topological polar surface area (TPSA) is 47.0 Å². The SMILES string of the molecule is Cc1nc(Cl)c(Cl)cc1S(=O)(=O)Cl. The molecule has 7 heteroatoms. The zero-order valence-corrected chi connectivity index (χ0v) is 9.47. The quantitative estimate of drug-likeness (QED) is 0.576. The second-order valence-corrected chi connectivity index (χ2v) is 5.58. The van der Waals surface area contributed by atoms with E-state index in [4.69, 9.17) is 33.9 Å². The third kappa shape index (κ3) is 2.47. The number of pyridine rings is 1. The molecule has 0 saturated heterocycles. The lowest BCUT2D eigenvalue weighted by Gasteiger charge is -2.02. The molecule has 0 aliphatic rings. The maximum absolute atomic E-state index is 10.9. The second-order valence-electron chi connectivity index (χ2n) is 2.28. The smallest absolute Gasteiger partial charge is 0.238 e. The molecule has 0 bridgehead atoms. The zero-order valence-electron chi connectivity index (χ0n) is 6.38. The van der Waals surface area contributed by atoms with Gasteiger partial charge in [0.2, 0.25) is 0 Å². The number of hydrogen-bond acceptors (Lipinski definition) is 3. The van der Waals surface area contributed by atoms with Gasteiger partial charge < -0.3 is 0 Å². The van der Waals surface area contributed by atoms with Gasteiger partial charge >= 0.3 is 0 Å². The lowest BCUT2D eigenvalue weighted by atomic mass is 10.4. The fourth-order valence-electron chi connectivity index (χ4n) is 0.782. The number of halogens is 3. The van der Waals surface area contributed by atoms with Gasteiger partial charge in [-0.1, -0.05) is 23.2 Å². The Kier molecular flexibility index (Phi) is 3.07. The number of aromatic nitrogens is 1. The first-order valence-electron chi connectivity index (χ1n) is 3.09. The van der Waals surface area contributed by atoms with Crippen LogP contribution in [0.5, 0.6) is 0 Å². The van der Waals surface area contributed by atoms with Crippen LogP contribution in [0.25, 0.3) is 0 Å². The van der Waals surface area contributed by atoms with Crippen molar-refractivity contribution in [2.75, 3.05) is 0 Å². The fraction of sp³-hybridized carbons (Fsp3) is 0.167. The van der Waals surface area contributed by atoms with E-state index in [2.05, 4.69) is 4.98 Å². The summed E-state index contributed by atoms with van der Waals surface area (Å²) in [5, 5.41) is 0.120. The van der Waals surface area contributed by atoms with Gasteiger partial charge in [-0.15, -0.1) is 0 Å². The van der Waals surface area contributed by atoms with Gasteiger partial charge in [0.25, 0.3) is 9.05 Å².